The van der Waals surface area contributed by atoms with Gasteiger partial charge in [0.25, 0.3) is 0 Å². The minimum atomic E-state index is 0.0145. The third-order valence-electron chi connectivity index (χ3n) is 3.79. The number of halogens is 1. The Morgan fingerprint density at radius 2 is 2.29 bits per heavy atom. The summed E-state index contributed by atoms with van der Waals surface area (Å²) in [6, 6.07) is 8.31. The van der Waals surface area contributed by atoms with Crippen molar-refractivity contribution in [2.75, 3.05) is 6.61 Å². The molecule has 0 aliphatic carbocycles. The molecule has 0 saturated carbocycles. The molecule has 4 nitrogen and oxygen atoms in total. The highest BCUT2D eigenvalue weighted by molar-refractivity contribution is 9.10. The first kappa shape index (κ1) is 14.5. The molecular weight excluding hydrogens is 330 g/mol. The fourth-order valence-corrected chi connectivity index (χ4v) is 3.23. The third kappa shape index (κ3) is 3.10. The highest BCUT2D eigenvalue weighted by atomic mass is 79.9. The molecule has 0 saturated heterocycles. The van der Waals surface area contributed by atoms with Gasteiger partial charge in [0.05, 0.1) is 12.6 Å². The van der Waals surface area contributed by atoms with E-state index in [9.17, 15) is 0 Å². The Morgan fingerprint density at radius 3 is 3.00 bits per heavy atom. The third-order valence-corrected chi connectivity index (χ3v) is 4.25. The summed E-state index contributed by atoms with van der Waals surface area (Å²) >= 11 is 3.57. The molecule has 1 aliphatic heterocycles. The first-order valence-electron chi connectivity index (χ1n) is 7.00. The second-order valence-electron chi connectivity index (χ2n) is 5.31. The molecule has 2 aromatic rings. The predicted octanol–water partition coefficient (Wildman–Crippen LogP) is 2.83. The Balaban J connectivity index is 1.89. The molecule has 3 N–H and O–H groups in total. The van der Waals surface area contributed by atoms with Crippen LogP contribution in [-0.4, -0.2) is 11.6 Å². The van der Waals surface area contributed by atoms with Gasteiger partial charge >= 0.3 is 0 Å². The summed E-state index contributed by atoms with van der Waals surface area (Å²) in [6.45, 7) is 2.73. The maximum atomic E-state index is 5.78. The molecule has 0 amide bonds. The normalized spacial score (nSPS) is 14.6. The molecule has 1 aromatic heterocycles. The van der Waals surface area contributed by atoms with Gasteiger partial charge in [-0.2, -0.15) is 0 Å². The summed E-state index contributed by atoms with van der Waals surface area (Å²) < 4.78 is 6.86. The average molecular weight is 348 g/mol. The maximum absolute atomic E-state index is 5.78. The van der Waals surface area contributed by atoms with Gasteiger partial charge < -0.3 is 4.74 Å². The van der Waals surface area contributed by atoms with Gasteiger partial charge in [0.15, 0.2) is 0 Å². The molecule has 1 aliphatic rings. The largest absolute Gasteiger partial charge is 0.493 e. The minimum absolute atomic E-state index is 0.0145. The molecule has 21 heavy (non-hydrogen) atoms. The van der Waals surface area contributed by atoms with E-state index >= 15 is 0 Å². The number of nitrogens with one attached hydrogen (secondary N) is 1. The Morgan fingerprint density at radius 1 is 1.43 bits per heavy atom. The van der Waals surface area contributed by atoms with Crippen LogP contribution in [0.1, 0.15) is 28.4 Å². The van der Waals surface area contributed by atoms with E-state index in [-0.39, 0.29) is 6.04 Å². The number of rotatable bonds is 4. The van der Waals surface area contributed by atoms with Crippen molar-refractivity contribution >= 4 is 15.9 Å². The lowest BCUT2D eigenvalue weighted by atomic mass is 9.98. The summed E-state index contributed by atoms with van der Waals surface area (Å²) in [4.78, 5) is 4.34. The summed E-state index contributed by atoms with van der Waals surface area (Å²) in [6.07, 6.45) is 3.61. The van der Waals surface area contributed by atoms with Crippen LogP contribution >= 0.6 is 15.9 Å². The van der Waals surface area contributed by atoms with Crippen LogP contribution < -0.4 is 16.0 Å². The molecule has 5 heteroatoms. The molecule has 1 unspecified atom stereocenters. The molecule has 1 atom stereocenters. The number of aromatic nitrogens is 1. The molecule has 3 rings (SSSR count). The molecule has 2 heterocycles. The predicted molar refractivity (Wildman–Crippen MR) is 86.1 cm³/mol. The van der Waals surface area contributed by atoms with Crippen molar-refractivity contribution < 1.29 is 4.74 Å². The number of nitrogens with two attached hydrogens (primary N) is 1. The quantitative estimate of drug-likeness (QED) is 0.659. The van der Waals surface area contributed by atoms with E-state index in [0.29, 0.717) is 0 Å². The van der Waals surface area contributed by atoms with Gasteiger partial charge in [0, 0.05) is 22.8 Å². The number of hydrogen-bond acceptors (Lipinski definition) is 4. The van der Waals surface area contributed by atoms with Gasteiger partial charge in [-0.05, 0) is 48.2 Å². The first-order valence-corrected chi connectivity index (χ1v) is 7.79. The van der Waals surface area contributed by atoms with Crippen molar-refractivity contribution in [2.24, 2.45) is 5.84 Å². The molecule has 110 valence electrons. The molecule has 0 bridgehead atoms. The number of aryl methyl sites for hydroxylation is 1. The highest BCUT2D eigenvalue weighted by Gasteiger charge is 2.20. The topological polar surface area (TPSA) is 60.2 Å². The number of benzene rings is 1. The molecule has 0 radical (unpaired) electrons. The number of pyridine rings is 1. The SMILES string of the molecule is Cc1ccc(C(Cc2cc(Br)cc3c2OCC3)NN)cn1. The van der Waals surface area contributed by atoms with Gasteiger partial charge in [0.2, 0.25) is 0 Å². The van der Waals surface area contributed by atoms with Crippen molar-refractivity contribution in [3.05, 3.63) is 57.3 Å². The van der Waals surface area contributed by atoms with Gasteiger partial charge in [-0.1, -0.05) is 22.0 Å². The summed E-state index contributed by atoms with van der Waals surface area (Å²) in [7, 11) is 0. The first-order chi connectivity index (χ1) is 10.2. The Hall–Kier alpha value is -1.43. The zero-order chi connectivity index (χ0) is 14.8. The van der Waals surface area contributed by atoms with E-state index in [4.69, 9.17) is 10.6 Å². The van der Waals surface area contributed by atoms with Gasteiger partial charge in [0.1, 0.15) is 5.75 Å². The van der Waals surface area contributed by atoms with Crippen LogP contribution in [0.2, 0.25) is 0 Å². The lowest BCUT2D eigenvalue weighted by molar-refractivity contribution is 0.351. The number of ether oxygens (including phenoxy) is 1. The zero-order valence-corrected chi connectivity index (χ0v) is 13.5. The smallest absolute Gasteiger partial charge is 0.125 e. The number of fused-ring (bicyclic) bond motifs is 1. The van der Waals surface area contributed by atoms with E-state index in [2.05, 4.69) is 44.5 Å². The van der Waals surface area contributed by atoms with Crippen LogP contribution in [0.25, 0.3) is 0 Å². The Labute approximate surface area is 132 Å². The van der Waals surface area contributed by atoms with Crippen LogP contribution in [0, 0.1) is 6.92 Å². The number of nitrogens with zero attached hydrogens (tertiary/aromatic N) is 1. The number of hydrazine groups is 1. The molecule has 1 aromatic carbocycles. The maximum Gasteiger partial charge on any atom is 0.125 e. The summed E-state index contributed by atoms with van der Waals surface area (Å²) in [5.41, 5.74) is 7.39. The number of hydrogen-bond donors (Lipinski definition) is 2. The van der Waals surface area contributed by atoms with Crippen LogP contribution in [0.15, 0.2) is 34.9 Å². The van der Waals surface area contributed by atoms with Crippen molar-refractivity contribution in [1.29, 1.82) is 0 Å². The Kier molecular flexibility index (Phi) is 4.24. The Bertz CT molecular complexity index is 643. The van der Waals surface area contributed by atoms with E-state index in [1.54, 1.807) is 0 Å². The monoisotopic (exact) mass is 347 g/mol. The fraction of sp³-hybridized carbons (Fsp3) is 0.312. The molecule has 0 spiro atoms. The van der Waals surface area contributed by atoms with Gasteiger partial charge in [-0.15, -0.1) is 0 Å². The second-order valence-corrected chi connectivity index (χ2v) is 6.22. The fourth-order valence-electron chi connectivity index (χ4n) is 2.68. The standard InChI is InChI=1S/C16H18BrN3O/c1-10-2-3-12(9-19-10)15(20-18)8-13-7-14(17)6-11-4-5-21-16(11)13/h2-3,6-7,9,15,20H,4-5,8,18H2,1H3. The second kappa shape index (κ2) is 6.13. The average Bonchev–Trinajstić information content (AvgIpc) is 2.94. The highest BCUT2D eigenvalue weighted by Crippen LogP contribution is 2.35. The summed E-state index contributed by atoms with van der Waals surface area (Å²) in [5, 5.41) is 0. The van der Waals surface area contributed by atoms with Crippen LogP contribution in [0.5, 0.6) is 5.75 Å². The van der Waals surface area contributed by atoms with Gasteiger partial charge in [-0.3, -0.25) is 16.3 Å². The zero-order valence-electron chi connectivity index (χ0n) is 11.9. The van der Waals surface area contributed by atoms with Crippen LogP contribution in [0.3, 0.4) is 0 Å². The van der Waals surface area contributed by atoms with E-state index in [1.165, 1.54) is 11.1 Å². The van der Waals surface area contributed by atoms with Crippen molar-refractivity contribution in [3.63, 3.8) is 0 Å². The lowest BCUT2D eigenvalue weighted by Crippen LogP contribution is -2.29. The lowest BCUT2D eigenvalue weighted by Gasteiger charge is -2.18. The summed E-state index contributed by atoms with van der Waals surface area (Å²) in [5.74, 6) is 6.76. The van der Waals surface area contributed by atoms with E-state index in [0.717, 1.165) is 40.9 Å². The van der Waals surface area contributed by atoms with Gasteiger partial charge in [-0.25, -0.2) is 0 Å². The molecular formula is C16H18BrN3O. The van der Waals surface area contributed by atoms with Crippen molar-refractivity contribution in [3.8, 4) is 5.75 Å². The van der Waals surface area contributed by atoms with E-state index < -0.39 is 0 Å². The van der Waals surface area contributed by atoms with Crippen molar-refractivity contribution in [1.82, 2.24) is 10.4 Å². The van der Waals surface area contributed by atoms with Crippen molar-refractivity contribution in [2.45, 2.75) is 25.8 Å². The molecule has 0 fully saturated rings. The van der Waals surface area contributed by atoms with E-state index in [1.807, 2.05) is 19.2 Å². The minimum Gasteiger partial charge on any atom is -0.493 e. The van der Waals surface area contributed by atoms with Crippen LogP contribution in [0.4, 0.5) is 0 Å². The van der Waals surface area contributed by atoms with Crippen LogP contribution in [-0.2, 0) is 12.8 Å².